The third-order valence-electron chi connectivity index (χ3n) is 1.14. The summed E-state index contributed by atoms with van der Waals surface area (Å²) in [5.41, 5.74) is 5.01. The fourth-order valence-corrected chi connectivity index (χ4v) is 1.25. The van der Waals surface area contributed by atoms with Crippen molar-refractivity contribution in [1.29, 1.82) is 0 Å². The lowest BCUT2D eigenvalue weighted by atomic mass is 10.4. The zero-order valence-electron chi connectivity index (χ0n) is 5.72. The molecule has 60 valence electrons. The van der Waals surface area contributed by atoms with Gasteiger partial charge in [-0.1, -0.05) is 0 Å². The minimum atomic E-state index is -0.428. The predicted octanol–water partition coefficient (Wildman–Crippen LogP) is -0.0347. The lowest BCUT2D eigenvalue weighted by Gasteiger charge is -2.02. The average molecular weight is 267 g/mol. The van der Waals surface area contributed by atoms with Crippen molar-refractivity contribution in [2.24, 2.45) is 0 Å². The van der Waals surface area contributed by atoms with E-state index >= 15 is 0 Å². The molecule has 3 N–H and O–H groups in total. The summed E-state index contributed by atoms with van der Waals surface area (Å²) in [7, 11) is 1.44. The Morgan fingerprint density at radius 1 is 1.73 bits per heavy atom. The molecule has 0 radical (unpaired) electrons. The molecule has 0 saturated carbocycles. The van der Waals surface area contributed by atoms with E-state index in [1.165, 1.54) is 7.11 Å². The standard InChI is InChI=1S/C5H6IN3O2/c1-11-3-2(7)5(10)9-8-4(3)6/h1H3,(H2,7,8)(H,9,10). The van der Waals surface area contributed by atoms with Gasteiger partial charge in [0.1, 0.15) is 5.69 Å². The first-order chi connectivity index (χ1) is 5.16. The van der Waals surface area contributed by atoms with E-state index in [9.17, 15) is 4.79 Å². The van der Waals surface area contributed by atoms with Crippen molar-refractivity contribution >= 4 is 28.3 Å². The van der Waals surface area contributed by atoms with Crippen molar-refractivity contribution in [2.75, 3.05) is 12.8 Å². The Hall–Kier alpha value is -0.790. The van der Waals surface area contributed by atoms with Gasteiger partial charge in [-0.05, 0) is 22.6 Å². The first kappa shape index (κ1) is 8.31. The number of nitrogen functional groups attached to an aromatic ring is 1. The highest BCUT2D eigenvalue weighted by Gasteiger charge is 2.08. The van der Waals surface area contributed by atoms with Gasteiger partial charge in [0.05, 0.1) is 7.11 Å². The maximum atomic E-state index is 10.8. The summed E-state index contributed by atoms with van der Waals surface area (Å²) in [5, 5.41) is 5.88. The number of hydrogen-bond donors (Lipinski definition) is 2. The van der Waals surface area contributed by atoms with Crippen LogP contribution in [0, 0.1) is 3.70 Å². The van der Waals surface area contributed by atoms with Crippen LogP contribution in [0.5, 0.6) is 5.75 Å². The third-order valence-corrected chi connectivity index (χ3v) is 1.87. The average Bonchev–Trinajstić information content (AvgIpc) is 1.99. The van der Waals surface area contributed by atoms with Gasteiger partial charge in [-0.25, -0.2) is 5.10 Å². The molecule has 5 nitrogen and oxygen atoms in total. The minimum absolute atomic E-state index is 0.0619. The van der Waals surface area contributed by atoms with Crippen LogP contribution >= 0.6 is 22.6 Å². The summed E-state index contributed by atoms with van der Waals surface area (Å²) in [4.78, 5) is 10.8. The number of hydrogen-bond acceptors (Lipinski definition) is 4. The highest BCUT2D eigenvalue weighted by molar-refractivity contribution is 14.1. The van der Waals surface area contributed by atoms with Crippen molar-refractivity contribution in [2.45, 2.75) is 0 Å². The van der Waals surface area contributed by atoms with E-state index in [-0.39, 0.29) is 5.69 Å². The molecule has 11 heavy (non-hydrogen) atoms. The summed E-state index contributed by atoms with van der Waals surface area (Å²) < 4.78 is 5.39. The van der Waals surface area contributed by atoms with E-state index in [1.54, 1.807) is 0 Å². The Labute approximate surface area is 76.1 Å². The van der Waals surface area contributed by atoms with Gasteiger partial charge in [0, 0.05) is 0 Å². The Balaban J connectivity index is 3.41. The molecule has 1 heterocycles. The van der Waals surface area contributed by atoms with Gasteiger partial charge < -0.3 is 10.5 Å². The third kappa shape index (κ3) is 1.44. The number of aromatic nitrogens is 2. The second kappa shape index (κ2) is 3.07. The molecule has 0 fully saturated rings. The molecule has 0 spiro atoms. The molecule has 0 aliphatic carbocycles. The number of anilines is 1. The second-order valence-electron chi connectivity index (χ2n) is 1.79. The van der Waals surface area contributed by atoms with Gasteiger partial charge in [-0.3, -0.25) is 4.79 Å². The Morgan fingerprint density at radius 3 is 2.82 bits per heavy atom. The molecule has 0 bridgehead atoms. The van der Waals surface area contributed by atoms with Gasteiger partial charge in [0.15, 0.2) is 9.45 Å². The topological polar surface area (TPSA) is 81.0 Å². The van der Waals surface area contributed by atoms with Crippen LogP contribution in [-0.4, -0.2) is 17.3 Å². The van der Waals surface area contributed by atoms with Crippen LogP contribution in [0.1, 0.15) is 0 Å². The first-order valence-electron chi connectivity index (χ1n) is 2.74. The zero-order chi connectivity index (χ0) is 8.43. The second-order valence-corrected chi connectivity index (χ2v) is 2.81. The number of methoxy groups -OCH3 is 1. The molecule has 0 unspecified atom stereocenters. The number of H-pyrrole nitrogens is 1. The molecular formula is C5H6IN3O2. The van der Waals surface area contributed by atoms with E-state index in [0.29, 0.717) is 9.45 Å². The quantitative estimate of drug-likeness (QED) is 0.700. The number of nitrogens with two attached hydrogens (primary N) is 1. The van der Waals surface area contributed by atoms with Crippen LogP contribution < -0.4 is 16.0 Å². The molecule has 0 aromatic carbocycles. The summed E-state index contributed by atoms with van der Waals surface area (Å²) in [5.74, 6) is 0.328. The molecule has 0 atom stereocenters. The lowest BCUT2D eigenvalue weighted by molar-refractivity contribution is 0.409. The highest BCUT2D eigenvalue weighted by Crippen LogP contribution is 2.20. The number of rotatable bonds is 1. The molecule has 0 aliphatic rings. The number of ether oxygens (including phenoxy) is 1. The highest BCUT2D eigenvalue weighted by atomic mass is 127. The van der Waals surface area contributed by atoms with E-state index in [4.69, 9.17) is 10.5 Å². The maximum absolute atomic E-state index is 10.8. The summed E-state index contributed by atoms with van der Waals surface area (Å²) in [6, 6.07) is 0. The van der Waals surface area contributed by atoms with Gasteiger partial charge in [-0.2, -0.15) is 5.10 Å². The number of nitrogens with zero attached hydrogens (tertiary/aromatic N) is 1. The molecule has 1 rings (SSSR count). The predicted molar refractivity (Wildman–Crippen MR) is 48.5 cm³/mol. The SMILES string of the molecule is COc1c(I)n[nH]c(=O)c1N. The van der Waals surface area contributed by atoms with Crippen LogP contribution in [-0.2, 0) is 0 Å². The van der Waals surface area contributed by atoms with Gasteiger partial charge in [0.2, 0.25) is 0 Å². The summed E-state index contributed by atoms with van der Waals surface area (Å²) in [6.45, 7) is 0. The normalized spacial score (nSPS) is 9.64. The molecule has 1 aromatic heterocycles. The lowest BCUT2D eigenvalue weighted by Crippen LogP contribution is -2.15. The van der Waals surface area contributed by atoms with Crippen molar-refractivity contribution in [1.82, 2.24) is 10.2 Å². The fraction of sp³-hybridized carbons (Fsp3) is 0.200. The van der Waals surface area contributed by atoms with Crippen LogP contribution in [0.25, 0.3) is 0 Å². The minimum Gasteiger partial charge on any atom is -0.492 e. The van der Waals surface area contributed by atoms with E-state index in [1.807, 2.05) is 22.6 Å². The Bertz CT molecular complexity index is 322. The summed E-state index contributed by atoms with van der Waals surface area (Å²) >= 11 is 1.92. The van der Waals surface area contributed by atoms with Crippen LogP contribution in [0.3, 0.4) is 0 Å². The Morgan fingerprint density at radius 2 is 2.36 bits per heavy atom. The van der Waals surface area contributed by atoms with Gasteiger partial charge in [-0.15, -0.1) is 0 Å². The number of halogens is 1. The largest absolute Gasteiger partial charge is 0.492 e. The van der Waals surface area contributed by atoms with Gasteiger partial charge >= 0.3 is 0 Å². The molecule has 1 aromatic rings. The van der Waals surface area contributed by atoms with Crippen LogP contribution in [0.2, 0.25) is 0 Å². The Kier molecular flexibility index (Phi) is 2.32. The maximum Gasteiger partial charge on any atom is 0.291 e. The van der Waals surface area contributed by atoms with E-state index in [0.717, 1.165) is 0 Å². The molecule has 0 saturated heterocycles. The number of aromatic amines is 1. The smallest absolute Gasteiger partial charge is 0.291 e. The molecular weight excluding hydrogens is 261 g/mol. The van der Waals surface area contributed by atoms with Crippen molar-refractivity contribution < 1.29 is 4.74 Å². The van der Waals surface area contributed by atoms with Crippen LogP contribution in [0.15, 0.2) is 4.79 Å². The van der Waals surface area contributed by atoms with Crippen molar-refractivity contribution in [3.63, 3.8) is 0 Å². The van der Waals surface area contributed by atoms with E-state index < -0.39 is 5.56 Å². The first-order valence-corrected chi connectivity index (χ1v) is 3.82. The zero-order valence-corrected chi connectivity index (χ0v) is 7.88. The van der Waals surface area contributed by atoms with Crippen LogP contribution in [0.4, 0.5) is 5.69 Å². The molecule has 0 amide bonds. The summed E-state index contributed by atoms with van der Waals surface area (Å²) in [6.07, 6.45) is 0. The van der Waals surface area contributed by atoms with Crippen molar-refractivity contribution in [3.8, 4) is 5.75 Å². The monoisotopic (exact) mass is 267 g/mol. The molecule has 6 heteroatoms. The van der Waals surface area contributed by atoms with E-state index in [2.05, 4.69) is 10.2 Å². The fourth-order valence-electron chi connectivity index (χ4n) is 0.619. The molecule has 0 aliphatic heterocycles. The van der Waals surface area contributed by atoms with Crippen molar-refractivity contribution in [3.05, 3.63) is 14.1 Å². The van der Waals surface area contributed by atoms with Gasteiger partial charge in [0.25, 0.3) is 5.56 Å². The number of nitrogens with one attached hydrogen (secondary N) is 1.